The Morgan fingerprint density at radius 3 is 2.72 bits per heavy atom. The zero-order chi connectivity index (χ0) is 20.9. The minimum Gasteiger partial charge on any atom is -0.444 e. The maximum Gasteiger partial charge on any atom is 0.410 e. The monoisotopic (exact) mass is 401 g/mol. The molecule has 0 spiro atoms. The second-order valence-corrected chi connectivity index (χ2v) is 8.92. The molecule has 0 unspecified atom stereocenters. The molecular weight excluding hydrogens is 374 g/mol. The fraction of sp³-hybridized carbons (Fsp3) is 0.600. The number of carbonyl (C=O) groups excluding carboxylic acids is 2. The molecule has 29 heavy (non-hydrogen) atoms. The summed E-state index contributed by atoms with van der Waals surface area (Å²) in [6.07, 6.45) is 1.75. The normalized spacial score (nSPS) is 22.2. The number of nitrogens with zero attached hydrogens (tertiary/aromatic N) is 5. The summed E-state index contributed by atoms with van der Waals surface area (Å²) in [5.41, 5.74) is 2.46. The van der Waals surface area contributed by atoms with E-state index in [1.807, 2.05) is 33.8 Å². The lowest BCUT2D eigenvalue weighted by molar-refractivity contribution is 0.0136. The van der Waals surface area contributed by atoms with Gasteiger partial charge in [0.15, 0.2) is 0 Å². The molecule has 0 bridgehead atoms. The molecule has 0 fully saturated rings. The number of aromatic nitrogens is 3. The molecular formula is C20H27N5O4. The number of hydrogen-bond donors (Lipinski definition) is 0. The third kappa shape index (κ3) is 3.61. The summed E-state index contributed by atoms with van der Waals surface area (Å²) >= 11 is 0. The van der Waals surface area contributed by atoms with Crippen molar-refractivity contribution >= 4 is 12.0 Å². The van der Waals surface area contributed by atoms with Gasteiger partial charge in [0.05, 0.1) is 24.5 Å². The van der Waals surface area contributed by atoms with Crippen LogP contribution in [0.1, 0.15) is 61.1 Å². The number of amides is 2. The van der Waals surface area contributed by atoms with Crippen LogP contribution >= 0.6 is 0 Å². The minimum absolute atomic E-state index is 0.00955. The second-order valence-electron chi connectivity index (χ2n) is 8.92. The maximum absolute atomic E-state index is 13.2. The molecule has 2 aromatic rings. The van der Waals surface area contributed by atoms with Crippen molar-refractivity contribution in [2.24, 2.45) is 0 Å². The second kappa shape index (κ2) is 6.89. The Morgan fingerprint density at radius 2 is 2.07 bits per heavy atom. The SMILES string of the molecule is C[C@@H]1Cc2nn3c(c2CN1C(=O)OC(C)(C)C)C(=O)N(C)C[C@H](c1ccon1)C3. The lowest BCUT2D eigenvalue weighted by Crippen LogP contribution is -2.45. The highest BCUT2D eigenvalue weighted by Crippen LogP contribution is 2.31. The van der Waals surface area contributed by atoms with Crippen molar-refractivity contribution in [1.29, 1.82) is 0 Å². The predicted molar refractivity (Wildman–Crippen MR) is 103 cm³/mol. The summed E-state index contributed by atoms with van der Waals surface area (Å²) in [5, 5.41) is 8.80. The molecule has 2 amide bonds. The van der Waals surface area contributed by atoms with Gasteiger partial charge in [0, 0.05) is 43.6 Å². The lowest BCUT2D eigenvalue weighted by atomic mass is 9.99. The topological polar surface area (TPSA) is 93.7 Å². The van der Waals surface area contributed by atoms with Gasteiger partial charge in [-0.15, -0.1) is 0 Å². The van der Waals surface area contributed by atoms with Crippen LogP contribution < -0.4 is 0 Å². The predicted octanol–water partition coefficient (Wildman–Crippen LogP) is 2.42. The summed E-state index contributed by atoms with van der Waals surface area (Å²) in [7, 11) is 1.78. The molecule has 4 heterocycles. The van der Waals surface area contributed by atoms with E-state index >= 15 is 0 Å². The lowest BCUT2D eigenvalue weighted by Gasteiger charge is -2.34. The molecule has 4 rings (SSSR count). The molecule has 0 radical (unpaired) electrons. The van der Waals surface area contributed by atoms with Gasteiger partial charge >= 0.3 is 6.09 Å². The van der Waals surface area contributed by atoms with Gasteiger partial charge in [0.2, 0.25) is 0 Å². The highest BCUT2D eigenvalue weighted by molar-refractivity contribution is 5.94. The minimum atomic E-state index is -0.576. The zero-order valence-electron chi connectivity index (χ0n) is 17.5. The number of likely N-dealkylation sites (N-methyl/N-ethyl adjacent to an activating group) is 1. The number of ether oxygens (including phenoxy) is 1. The van der Waals surface area contributed by atoms with Gasteiger partial charge in [-0.2, -0.15) is 5.10 Å². The Hall–Kier alpha value is -2.84. The molecule has 9 heteroatoms. The van der Waals surface area contributed by atoms with E-state index in [1.54, 1.807) is 21.5 Å². The first-order valence-electron chi connectivity index (χ1n) is 9.88. The molecule has 0 N–H and O–H groups in total. The van der Waals surface area contributed by atoms with E-state index in [4.69, 9.17) is 14.4 Å². The van der Waals surface area contributed by atoms with Gasteiger partial charge in [-0.1, -0.05) is 5.16 Å². The average molecular weight is 401 g/mol. The summed E-state index contributed by atoms with van der Waals surface area (Å²) < 4.78 is 12.3. The van der Waals surface area contributed by atoms with Gasteiger partial charge in [-0.3, -0.25) is 9.48 Å². The molecule has 2 atom stereocenters. The summed E-state index contributed by atoms with van der Waals surface area (Å²) in [6, 6.07) is 1.76. The van der Waals surface area contributed by atoms with Crippen LogP contribution in [0.15, 0.2) is 16.9 Å². The Labute approximate surface area is 169 Å². The molecule has 0 saturated carbocycles. The van der Waals surface area contributed by atoms with Crippen LogP contribution in [0.5, 0.6) is 0 Å². The van der Waals surface area contributed by atoms with Crippen molar-refractivity contribution in [1.82, 2.24) is 24.7 Å². The van der Waals surface area contributed by atoms with Gasteiger partial charge in [0.25, 0.3) is 5.91 Å². The third-order valence-electron chi connectivity index (χ3n) is 5.42. The number of fused-ring (bicyclic) bond motifs is 3. The van der Waals surface area contributed by atoms with Crippen LogP contribution in [0.2, 0.25) is 0 Å². The van der Waals surface area contributed by atoms with E-state index in [2.05, 4.69) is 5.16 Å². The Morgan fingerprint density at radius 1 is 1.31 bits per heavy atom. The van der Waals surface area contributed by atoms with Crippen LogP contribution in [0.25, 0.3) is 0 Å². The van der Waals surface area contributed by atoms with Crippen LogP contribution in [0.3, 0.4) is 0 Å². The first-order valence-corrected chi connectivity index (χ1v) is 9.88. The summed E-state index contributed by atoms with van der Waals surface area (Å²) in [4.78, 5) is 29.2. The number of hydrogen-bond acceptors (Lipinski definition) is 6. The van der Waals surface area contributed by atoms with Crippen LogP contribution in [0, 0.1) is 0 Å². The maximum atomic E-state index is 13.2. The first kappa shape index (κ1) is 19.5. The summed E-state index contributed by atoms with van der Waals surface area (Å²) in [6.45, 7) is 8.89. The molecule has 2 aliphatic heterocycles. The smallest absolute Gasteiger partial charge is 0.410 e. The van der Waals surface area contributed by atoms with Crippen molar-refractivity contribution in [2.45, 2.75) is 64.8 Å². The van der Waals surface area contributed by atoms with Crippen molar-refractivity contribution in [3.8, 4) is 0 Å². The van der Waals surface area contributed by atoms with Crippen LogP contribution in [-0.4, -0.2) is 62.0 Å². The van der Waals surface area contributed by atoms with E-state index < -0.39 is 5.60 Å². The number of rotatable bonds is 1. The standard InChI is InChI=1S/C20H27N5O4/c1-12-8-16-14(11-24(12)19(27)29-20(2,3)4)17-18(26)23(5)9-13(10-25(17)21-16)15-6-7-28-22-15/h6-7,12-13H,8-11H2,1-5H3/t12-,13+/m1/s1. The Balaban J connectivity index is 1.68. The van der Waals surface area contributed by atoms with E-state index in [0.717, 1.165) is 17.0 Å². The Bertz CT molecular complexity index is 928. The quantitative estimate of drug-likeness (QED) is 0.728. The van der Waals surface area contributed by atoms with E-state index in [0.29, 0.717) is 31.7 Å². The Kier molecular flexibility index (Phi) is 4.63. The van der Waals surface area contributed by atoms with Gasteiger partial charge in [-0.05, 0) is 27.7 Å². The van der Waals surface area contributed by atoms with Crippen molar-refractivity contribution in [2.75, 3.05) is 13.6 Å². The number of carbonyl (C=O) groups is 2. The van der Waals surface area contributed by atoms with Crippen molar-refractivity contribution < 1.29 is 18.8 Å². The first-order chi connectivity index (χ1) is 13.6. The fourth-order valence-electron chi connectivity index (χ4n) is 4.01. The highest BCUT2D eigenvalue weighted by Gasteiger charge is 2.38. The summed E-state index contributed by atoms with van der Waals surface area (Å²) in [5.74, 6) is -0.104. The molecule has 9 nitrogen and oxygen atoms in total. The average Bonchev–Trinajstić information content (AvgIpc) is 3.23. The van der Waals surface area contributed by atoms with Crippen molar-refractivity contribution in [3.63, 3.8) is 0 Å². The molecule has 156 valence electrons. The van der Waals surface area contributed by atoms with Gasteiger partial charge < -0.3 is 19.1 Å². The van der Waals surface area contributed by atoms with Crippen LogP contribution in [0.4, 0.5) is 4.79 Å². The van der Waals surface area contributed by atoms with Crippen molar-refractivity contribution in [3.05, 3.63) is 35.0 Å². The highest BCUT2D eigenvalue weighted by atomic mass is 16.6. The van der Waals surface area contributed by atoms with E-state index in [-0.39, 0.29) is 24.0 Å². The van der Waals surface area contributed by atoms with E-state index in [1.165, 1.54) is 6.26 Å². The largest absolute Gasteiger partial charge is 0.444 e. The molecule has 0 aromatic carbocycles. The van der Waals surface area contributed by atoms with Crippen LogP contribution in [-0.2, 0) is 24.2 Å². The van der Waals surface area contributed by atoms with Gasteiger partial charge in [0.1, 0.15) is 17.6 Å². The van der Waals surface area contributed by atoms with E-state index in [9.17, 15) is 9.59 Å². The fourth-order valence-corrected chi connectivity index (χ4v) is 4.01. The molecule has 2 aromatic heterocycles. The molecule has 0 aliphatic carbocycles. The molecule has 0 saturated heterocycles. The third-order valence-corrected chi connectivity index (χ3v) is 5.42. The molecule has 2 aliphatic rings. The van der Waals surface area contributed by atoms with Gasteiger partial charge in [-0.25, -0.2) is 4.79 Å². The zero-order valence-corrected chi connectivity index (χ0v) is 17.5.